The highest BCUT2D eigenvalue weighted by atomic mass is 16.1. The quantitative estimate of drug-likeness (QED) is 0.575. The van der Waals surface area contributed by atoms with E-state index in [9.17, 15) is 4.79 Å². The molecule has 0 spiro atoms. The first kappa shape index (κ1) is 7.99. The summed E-state index contributed by atoms with van der Waals surface area (Å²) in [5.41, 5.74) is 0.687. The van der Waals surface area contributed by atoms with Crippen molar-refractivity contribution in [3.63, 3.8) is 0 Å². The van der Waals surface area contributed by atoms with Crippen molar-refractivity contribution in [3.05, 3.63) is 27.9 Å². The molecule has 0 amide bonds. The van der Waals surface area contributed by atoms with Gasteiger partial charge in [-0.15, -0.1) is 0 Å². The third-order valence-electron chi connectivity index (χ3n) is 2.34. The van der Waals surface area contributed by atoms with Gasteiger partial charge in [-0.2, -0.15) is 10.2 Å². The molecule has 4 heteroatoms. The Bertz CT molecular complexity index is 427. The molecule has 0 bridgehead atoms. The average molecular weight is 175 g/mol. The summed E-state index contributed by atoms with van der Waals surface area (Å²) in [6.45, 7) is 0.872. The molecule has 4 nitrogen and oxygen atoms in total. The molecule has 1 aromatic heterocycles. The summed E-state index contributed by atoms with van der Waals surface area (Å²) in [5.74, 6) is 0. The van der Waals surface area contributed by atoms with Crippen molar-refractivity contribution in [3.8, 4) is 6.07 Å². The molecule has 2 rings (SSSR count). The van der Waals surface area contributed by atoms with Crippen molar-refractivity contribution in [2.75, 3.05) is 0 Å². The number of aromatic nitrogens is 2. The number of nitrogens with zero attached hydrogens (tertiary/aromatic N) is 3. The minimum absolute atomic E-state index is 0.224. The summed E-state index contributed by atoms with van der Waals surface area (Å²) in [6.07, 6.45) is 4.51. The molecule has 0 aromatic carbocycles. The summed E-state index contributed by atoms with van der Waals surface area (Å²) >= 11 is 0. The Labute approximate surface area is 75.5 Å². The van der Waals surface area contributed by atoms with Crippen LogP contribution in [0.25, 0.3) is 0 Å². The van der Waals surface area contributed by atoms with Gasteiger partial charge in [0.15, 0.2) is 0 Å². The summed E-state index contributed by atoms with van der Waals surface area (Å²) in [4.78, 5) is 14.8. The van der Waals surface area contributed by atoms with Crippen molar-refractivity contribution in [2.24, 2.45) is 0 Å². The third-order valence-corrected chi connectivity index (χ3v) is 2.34. The highest BCUT2D eigenvalue weighted by Gasteiger charge is 2.14. The molecule has 2 heterocycles. The highest BCUT2D eigenvalue weighted by molar-refractivity contribution is 5.31. The molecule has 0 radical (unpaired) electrons. The van der Waals surface area contributed by atoms with E-state index in [1.54, 1.807) is 0 Å². The molecule has 1 aliphatic heterocycles. The van der Waals surface area contributed by atoms with Gasteiger partial charge in [-0.05, 0) is 19.3 Å². The SMILES string of the molecule is N#Cc1c2n(cnc1=O)CCCC2. The Kier molecular flexibility index (Phi) is 1.85. The van der Waals surface area contributed by atoms with Gasteiger partial charge in [-0.3, -0.25) is 4.79 Å². The Morgan fingerprint density at radius 3 is 3.15 bits per heavy atom. The Balaban J connectivity index is 2.67. The second-order valence-electron chi connectivity index (χ2n) is 3.13. The lowest BCUT2D eigenvalue weighted by atomic mass is 10.1. The van der Waals surface area contributed by atoms with Gasteiger partial charge in [0.25, 0.3) is 5.56 Å². The molecule has 13 heavy (non-hydrogen) atoms. The predicted octanol–water partition coefficient (Wildman–Crippen LogP) is 0.451. The maximum absolute atomic E-state index is 11.2. The Morgan fingerprint density at radius 2 is 2.38 bits per heavy atom. The maximum atomic E-state index is 11.2. The lowest BCUT2D eigenvalue weighted by Crippen LogP contribution is -2.23. The van der Waals surface area contributed by atoms with Gasteiger partial charge in [-0.25, -0.2) is 0 Å². The summed E-state index contributed by atoms with van der Waals surface area (Å²) in [6, 6.07) is 1.93. The first-order valence-corrected chi connectivity index (χ1v) is 4.31. The van der Waals surface area contributed by atoms with E-state index >= 15 is 0 Å². The van der Waals surface area contributed by atoms with Crippen molar-refractivity contribution in [1.29, 1.82) is 5.26 Å². The van der Waals surface area contributed by atoms with Gasteiger partial charge >= 0.3 is 0 Å². The topological polar surface area (TPSA) is 58.7 Å². The zero-order valence-electron chi connectivity index (χ0n) is 7.16. The largest absolute Gasteiger partial charge is 0.335 e. The molecule has 0 fully saturated rings. The minimum atomic E-state index is -0.393. The summed E-state index contributed by atoms with van der Waals surface area (Å²) in [5, 5.41) is 8.77. The fourth-order valence-corrected chi connectivity index (χ4v) is 1.67. The van der Waals surface area contributed by atoms with Gasteiger partial charge in [-0.1, -0.05) is 0 Å². The standard InChI is InChI=1S/C9H9N3O/c10-5-7-8-3-1-2-4-12(8)6-11-9(7)13/h6H,1-4H2. The van der Waals surface area contributed by atoms with E-state index in [1.807, 2.05) is 10.6 Å². The van der Waals surface area contributed by atoms with Gasteiger partial charge in [0.05, 0.1) is 6.33 Å². The van der Waals surface area contributed by atoms with Crippen molar-refractivity contribution in [1.82, 2.24) is 9.55 Å². The molecular weight excluding hydrogens is 166 g/mol. The molecule has 0 unspecified atom stereocenters. The molecule has 0 aliphatic carbocycles. The molecular formula is C9H9N3O. The van der Waals surface area contributed by atoms with Crippen LogP contribution in [-0.4, -0.2) is 9.55 Å². The van der Waals surface area contributed by atoms with Crippen molar-refractivity contribution >= 4 is 0 Å². The second kappa shape index (κ2) is 3.02. The van der Waals surface area contributed by atoms with Gasteiger partial charge in [0, 0.05) is 12.2 Å². The molecule has 0 saturated carbocycles. The van der Waals surface area contributed by atoms with Crippen LogP contribution in [0.2, 0.25) is 0 Å². The lowest BCUT2D eigenvalue weighted by Gasteiger charge is -2.18. The number of hydrogen-bond donors (Lipinski definition) is 0. The van der Waals surface area contributed by atoms with Crippen molar-refractivity contribution < 1.29 is 0 Å². The van der Waals surface area contributed by atoms with Crippen LogP contribution in [0, 0.1) is 11.3 Å². The predicted molar refractivity (Wildman–Crippen MR) is 46.2 cm³/mol. The van der Waals surface area contributed by atoms with Crippen LogP contribution < -0.4 is 5.56 Å². The lowest BCUT2D eigenvalue weighted by molar-refractivity contribution is 0.514. The minimum Gasteiger partial charge on any atom is -0.335 e. The second-order valence-corrected chi connectivity index (χ2v) is 3.13. The maximum Gasteiger partial charge on any atom is 0.290 e. The van der Waals surface area contributed by atoms with Crippen LogP contribution in [0.4, 0.5) is 0 Å². The van der Waals surface area contributed by atoms with E-state index in [-0.39, 0.29) is 5.56 Å². The van der Waals surface area contributed by atoms with E-state index in [1.165, 1.54) is 6.33 Å². The molecule has 1 aromatic rings. The normalized spacial score (nSPS) is 14.7. The Hall–Kier alpha value is -1.63. The number of nitriles is 1. The van der Waals surface area contributed by atoms with E-state index in [0.29, 0.717) is 0 Å². The van der Waals surface area contributed by atoms with Crippen molar-refractivity contribution in [2.45, 2.75) is 25.8 Å². The van der Waals surface area contributed by atoms with Gasteiger partial charge in [0.1, 0.15) is 11.6 Å². The van der Waals surface area contributed by atoms with E-state index in [2.05, 4.69) is 4.98 Å². The molecule has 0 atom stereocenters. The van der Waals surface area contributed by atoms with Crippen LogP contribution in [0.1, 0.15) is 24.1 Å². The molecule has 0 N–H and O–H groups in total. The number of aryl methyl sites for hydroxylation is 1. The monoisotopic (exact) mass is 175 g/mol. The number of fused-ring (bicyclic) bond motifs is 1. The van der Waals surface area contributed by atoms with Crippen LogP contribution >= 0.6 is 0 Å². The first-order valence-electron chi connectivity index (χ1n) is 4.31. The summed E-state index contributed by atoms with van der Waals surface area (Å²) in [7, 11) is 0. The fourth-order valence-electron chi connectivity index (χ4n) is 1.67. The Morgan fingerprint density at radius 1 is 1.54 bits per heavy atom. The third kappa shape index (κ3) is 1.22. The fraction of sp³-hybridized carbons (Fsp3) is 0.444. The zero-order valence-corrected chi connectivity index (χ0v) is 7.16. The van der Waals surface area contributed by atoms with Crippen LogP contribution in [0.3, 0.4) is 0 Å². The first-order chi connectivity index (χ1) is 6.33. The van der Waals surface area contributed by atoms with Gasteiger partial charge < -0.3 is 4.57 Å². The zero-order chi connectivity index (χ0) is 9.26. The number of rotatable bonds is 0. The molecule has 0 saturated heterocycles. The smallest absolute Gasteiger partial charge is 0.290 e. The average Bonchev–Trinajstić information content (AvgIpc) is 2.18. The van der Waals surface area contributed by atoms with Crippen LogP contribution in [-0.2, 0) is 13.0 Å². The van der Waals surface area contributed by atoms with Crippen LogP contribution in [0.15, 0.2) is 11.1 Å². The van der Waals surface area contributed by atoms with Gasteiger partial charge in [0.2, 0.25) is 0 Å². The summed E-state index contributed by atoms with van der Waals surface area (Å²) < 4.78 is 1.91. The molecule has 1 aliphatic rings. The van der Waals surface area contributed by atoms with Crippen LogP contribution in [0.5, 0.6) is 0 Å². The highest BCUT2D eigenvalue weighted by Crippen LogP contribution is 2.14. The number of hydrogen-bond acceptors (Lipinski definition) is 3. The van der Waals surface area contributed by atoms with E-state index in [0.717, 1.165) is 31.5 Å². The van der Waals surface area contributed by atoms with E-state index in [4.69, 9.17) is 5.26 Å². The molecule has 66 valence electrons. The van der Waals surface area contributed by atoms with E-state index < -0.39 is 5.56 Å².